The lowest BCUT2D eigenvalue weighted by molar-refractivity contribution is 0.0694. The van der Waals surface area contributed by atoms with Crippen molar-refractivity contribution in [1.82, 2.24) is 14.3 Å². The van der Waals surface area contributed by atoms with E-state index in [0.717, 1.165) is 17.9 Å². The SMILES string of the molecule is CCn1nc(C)cc1Cn1ccc(=O)c(C(=O)O)c1. The minimum atomic E-state index is -1.21. The Kier molecular flexibility index (Phi) is 3.50. The van der Waals surface area contributed by atoms with Crippen molar-refractivity contribution in [2.45, 2.75) is 26.9 Å². The van der Waals surface area contributed by atoms with Gasteiger partial charge in [0, 0.05) is 25.0 Å². The highest BCUT2D eigenvalue weighted by atomic mass is 16.4. The number of aryl methyl sites for hydroxylation is 2. The van der Waals surface area contributed by atoms with E-state index in [2.05, 4.69) is 5.10 Å². The van der Waals surface area contributed by atoms with Crippen LogP contribution in [0.5, 0.6) is 0 Å². The van der Waals surface area contributed by atoms with E-state index in [-0.39, 0.29) is 5.56 Å². The Morgan fingerprint density at radius 3 is 2.84 bits per heavy atom. The van der Waals surface area contributed by atoms with Crippen LogP contribution >= 0.6 is 0 Å². The lowest BCUT2D eigenvalue weighted by Gasteiger charge is -2.08. The van der Waals surface area contributed by atoms with E-state index >= 15 is 0 Å². The van der Waals surface area contributed by atoms with Gasteiger partial charge in [-0.05, 0) is 19.9 Å². The minimum absolute atomic E-state index is 0.221. The third-order valence-corrected chi connectivity index (χ3v) is 2.84. The van der Waals surface area contributed by atoms with Gasteiger partial charge < -0.3 is 9.67 Å². The minimum Gasteiger partial charge on any atom is -0.477 e. The number of nitrogens with zero attached hydrogens (tertiary/aromatic N) is 3. The molecule has 100 valence electrons. The van der Waals surface area contributed by atoms with Gasteiger partial charge in [0.25, 0.3) is 0 Å². The Morgan fingerprint density at radius 1 is 1.47 bits per heavy atom. The molecule has 6 heteroatoms. The number of aromatic nitrogens is 3. The first-order chi connectivity index (χ1) is 9.01. The van der Waals surface area contributed by atoms with Crippen LogP contribution in [0.2, 0.25) is 0 Å². The summed E-state index contributed by atoms with van der Waals surface area (Å²) >= 11 is 0. The van der Waals surface area contributed by atoms with E-state index in [1.165, 1.54) is 12.3 Å². The van der Waals surface area contributed by atoms with Gasteiger partial charge in [-0.1, -0.05) is 0 Å². The van der Waals surface area contributed by atoms with E-state index in [1.54, 1.807) is 10.8 Å². The molecule has 0 radical (unpaired) electrons. The van der Waals surface area contributed by atoms with Crippen molar-refractivity contribution in [2.75, 3.05) is 0 Å². The highest BCUT2D eigenvalue weighted by Gasteiger charge is 2.10. The van der Waals surface area contributed by atoms with Gasteiger partial charge in [0.1, 0.15) is 5.56 Å². The van der Waals surface area contributed by atoms with Gasteiger partial charge in [0.2, 0.25) is 0 Å². The van der Waals surface area contributed by atoms with Gasteiger partial charge in [0.05, 0.1) is 17.9 Å². The van der Waals surface area contributed by atoms with Gasteiger partial charge >= 0.3 is 5.97 Å². The number of carboxylic acids is 1. The molecular formula is C13H15N3O3. The molecule has 1 N–H and O–H groups in total. The molecule has 0 aliphatic heterocycles. The van der Waals surface area contributed by atoms with Crippen molar-refractivity contribution < 1.29 is 9.90 Å². The predicted molar refractivity (Wildman–Crippen MR) is 69.4 cm³/mol. The molecule has 0 unspecified atom stereocenters. The predicted octanol–water partition coefficient (Wildman–Crippen LogP) is 1.12. The van der Waals surface area contributed by atoms with Crippen LogP contribution in [0.4, 0.5) is 0 Å². The standard InChI is InChI=1S/C13H15N3O3/c1-3-16-10(6-9(2)14-16)7-15-5-4-12(17)11(8-15)13(18)19/h4-6,8H,3,7H2,1-2H3,(H,18,19). The topological polar surface area (TPSA) is 77.1 Å². The molecule has 2 rings (SSSR count). The van der Waals surface area contributed by atoms with Gasteiger partial charge in [-0.3, -0.25) is 9.48 Å². The van der Waals surface area contributed by atoms with Crippen molar-refractivity contribution in [2.24, 2.45) is 0 Å². The molecule has 0 spiro atoms. The molecule has 0 saturated carbocycles. The summed E-state index contributed by atoms with van der Waals surface area (Å²) in [7, 11) is 0. The highest BCUT2D eigenvalue weighted by molar-refractivity contribution is 5.86. The van der Waals surface area contributed by atoms with Gasteiger partial charge in [-0.2, -0.15) is 5.10 Å². The molecule has 0 aliphatic rings. The van der Waals surface area contributed by atoms with Crippen molar-refractivity contribution in [1.29, 1.82) is 0 Å². The van der Waals surface area contributed by atoms with Gasteiger partial charge in [-0.25, -0.2) is 4.79 Å². The highest BCUT2D eigenvalue weighted by Crippen LogP contribution is 2.06. The monoisotopic (exact) mass is 261 g/mol. The molecular weight excluding hydrogens is 246 g/mol. The molecule has 0 aromatic carbocycles. The van der Waals surface area contributed by atoms with Crippen molar-refractivity contribution >= 4 is 5.97 Å². The summed E-state index contributed by atoms with van der Waals surface area (Å²) in [4.78, 5) is 22.3. The van der Waals surface area contributed by atoms with E-state index in [1.807, 2.05) is 24.6 Å². The molecule has 19 heavy (non-hydrogen) atoms. The summed E-state index contributed by atoms with van der Waals surface area (Å²) in [6.07, 6.45) is 2.93. The molecule has 0 aliphatic carbocycles. The third-order valence-electron chi connectivity index (χ3n) is 2.84. The summed E-state index contributed by atoms with van der Waals surface area (Å²) in [6, 6.07) is 3.21. The van der Waals surface area contributed by atoms with Crippen LogP contribution in [0.15, 0.2) is 29.3 Å². The molecule has 2 aromatic heterocycles. The molecule has 0 saturated heterocycles. The molecule has 0 fully saturated rings. The first kappa shape index (κ1) is 13.1. The van der Waals surface area contributed by atoms with Crippen LogP contribution in [0.1, 0.15) is 28.7 Å². The summed E-state index contributed by atoms with van der Waals surface area (Å²) in [6.45, 7) is 5.12. The second-order valence-corrected chi connectivity index (χ2v) is 4.29. The molecule has 0 atom stereocenters. The fraction of sp³-hybridized carbons (Fsp3) is 0.308. The van der Waals surface area contributed by atoms with Gasteiger partial charge in [0.15, 0.2) is 5.43 Å². The van der Waals surface area contributed by atoms with Crippen molar-refractivity contribution in [3.05, 3.63) is 51.7 Å². The maximum Gasteiger partial charge on any atom is 0.341 e. The number of carboxylic acid groups (broad SMARTS) is 1. The number of carbonyl (C=O) groups is 1. The van der Waals surface area contributed by atoms with Gasteiger partial charge in [-0.15, -0.1) is 0 Å². The van der Waals surface area contributed by atoms with Crippen LogP contribution in [0.25, 0.3) is 0 Å². The van der Waals surface area contributed by atoms with Crippen molar-refractivity contribution in [3.63, 3.8) is 0 Å². The van der Waals surface area contributed by atoms with E-state index < -0.39 is 11.4 Å². The zero-order chi connectivity index (χ0) is 14.0. The number of rotatable bonds is 4. The maximum atomic E-state index is 11.4. The zero-order valence-corrected chi connectivity index (χ0v) is 10.8. The van der Waals surface area contributed by atoms with Crippen molar-refractivity contribution in [3.8, 4) is 0 Å². The smallest absolute Gasteiger partial charge is 0.341 e. The van der Waals surface area contributed by atoms with Crippen LogP contribution < -0.4 is 5.43 Å². The number of hydrogen-bond acceptors (Lipinski definition) is 3. The molecule has 6 nitrogen and oxygen atoms in total. The van der Waals surface area contributed by atoms with E-state index in [9.17, 15) is 9.59 Å². The average molecular weight is 261 g/mol. The number of hydrogen-bond donors (Lipinski definition) is 1. The normalized spacial score (nSPS) is 10.6. The Morgan fingerprint density at radius 2 is 2.21 bits per heavy atom. The average Bonchev–Trinajstić information content (AvgIpc) is 2.71. The number of aromatic carboxylic acids is 1. The first-order valence-corrected chi connectivity index (χ1v) is 5.98. The van der Waals surface area contributed by atoms with Crippen LogP contribution in [0, 0.1) is 6.92 Å². The zero-order valence-electron chi connectivity index (χ0n) is 10.8. The fourth-order valence-corrected chi connectivity index (χ4v) is 1.97. The van der Waals surface area contributed by atoms with Crippen LogP contribution in [-0.4, -0.2) is 25.4 Å². The Bertz CT molecular complexity index is 670. The second kappa shape index (κ2) is 5.09. The van der Waals surface area contributed by atoms with E-state index in [0.29, 0.717) is 6.54 Å². The Labute approximate surface area is 109 Å². The summed E-state index contributed by atoms with van der Waals surface area (Å²) < 4.78 is 3.53. The Balaban J connectivity index is 2.35. The van der Waals surface area contributed by atoms with Crippen LogP contribution in [-0.2, 0) is 13.1 Å². The largest absolute Gasteiger partial charge is 0.477 e. The lowest BCUT2D eigenvalue weighted by Crippen LogP contribution is -2.17. The lowest BCUT2D eigenvalue weighted by atomic mass is 10.2. The Hall–Kier alpha value is -2.37. The number of pyridine rings is 1. The molecule has 0 amide bonds. The van der Waals surface area contributed by atoms with Crippen LogP contribution in [0.3, 0.4) is 0 Å². The maximum absolute atomic E-state index is 11.4. The quantitative estimate of drug-likeness (QED) is 0.894. The molecule has 2 heterocycles. The fourth-order valence-electron chi connectivity index (χ4n) is 1.97. The molecule has 2 aromatic rings. The summed E-state index contributed by atoms with van der Waals surface area (Å²) in [5.74, 6) is -1.21. The first-order valence-electron chi connectivity index (χ1n) is 5.98. The summed E-state index contributed by atoms with van der Waals surface area (Å²) in [5.41, 5.74) is 1.18. The summed E-state index contributed by atoms with van der Waals surface area (Å²) in [5, 5.41) is 13.3. The van der Waals surface area contributed by atoms with E-state index in [4.69, 9.17) is 5.11 Å². The second-order valence-electron chi connectivity index (χ2n) is 4.29. The third kappa shape index (κ3) is 2.73. The molecule has 0 bridgehead atoms.